The van der Waals surface area contributed by atoms with Crippen LogP contribution in [0.1, 0.15) is 52.3 Å². The zero-order chi connectivity index (χ0) is 28.3. The highest BCUT2D eigenvalue weighted by Gasteiger charge is 2.28. The van der Waals surface area contributed by atoms with Crippen LogP contribution >= 0.6 is 0 Å². The monoisotopic (exact) mass is 528 g/mol. The summed E-state index contributed by atoms with van der Waals surface area (Å²) in [6.45, 7) is 8.15. The van der Waals surface area contributed by atoms with Gasteiger partial charge in [-0.25, -0.2) is 4.98 Å². The third-order valence-electron chi connectivity index (χ3n) is 7.05. The molecule has 9 heteroatoms. The molecule has 0 saturated heterocycles. The summed E-state index contributed by atoms with van der Waals surface area (Å²) in [4.78, 5) is 45.3. The Morgan fingerprint density at radius 3 is 2.46 bits per heavy atom. The molecule has 1 heterocycles. The molecule has 39 heavy (non-hydrogen) atoms. The lowest BCUT2D eigenvalue weighted by Gasteiger charge is -2.31. The molecule has 1 atom stereocenters. The van der Waals surface area contributed by atoms with E-state index in [9.17, 15) is 19.7 Å². The van der Waals surface area contributed by atoms with Crippen LogP contribution in [0.15, 0.2) is 65.5 Å². The fourth-order valence-corrected chi connectivity index (χ4v) is 4.64. The van der Waals surface area contributed by atoms with Crippen LogP contribution in [-0.4, -0.2) is 45.5 Å². The number of aromatic nitrogens is 2. The van der Waals surface area contributed by atoms with E-state index in [1.165, 1.54) is 6.07 Å². The summed E-state index contributed by atoms with van der Waals surface area (Å²) in [7, 11) is 1.58. The Bertz CT molecular complexity index is 1610. The predicted octanol–water partition coefficient (Wildman–Crippen LogP) is 5.46. The lowest BCUT2D eigenvalue weighted by atomic mass is 10.1. The van der Waals surface area contributed by atoms with E-state index in [0.717, 1.165) is 11.1 Å². The molecule has 0 spiro atoms. The first kappa shape index (κ1) is 27.7. The van der Waals surface area contributed by atoms with Crippen LogP contribution in [0.4, 0.5) is 5.69 Å². The van der Waals surface area contributed by atoms with Gasteiger partial charge in [-0.15, -0.1) is 0 Å². The molecule has 0 N–H and O–H groups in total. The molecule has 0 saturated carbocycles. The van der Waals surface area contributed by atoms with E-state index >= 15 is 0 Å². The Hall–Kier alpha value is -4.37. The van der Waals surface area contributed by atoms with E-state index in [-0.39, 0.29) is 16.8 Å². The average Bonchev–Trinajstić information content (AvgIpc) is 2.92. The van der Waals surface area contributed by atoms with E-state index in [1.807, 2.05) is 45.0 Å². The Morgan fingerprint density at radius 2 is 1.77 bits per heavy atom. The van der Waals surface area contributed by atoms with Gasteiger partial charge in [0.15, 0.2) is 0 Å². The van der Waals surface area contributed by atoms with Gasteiger partial charge in [0.1, 0.15) is 5.82 Å². The summed E-state index contributed by atoms with van der Waals surface area (Å²) >= 11 is 0. The number of nitro groups is 1. The van der Waals surface area contributed by atoms with Crippen molar-refractivity contribution in [2.45, 2.75) is 40.2 Å². The van der Waals surface area contributed by atoms with Crippen LogP contribution in [0.3, 0.4) is 0 Å². The van der Waals surface area contributed by atoms with Crippen molar-refractivity contribution in [3.05, 3.63) is 109 Å². The normalized spacial score (nSPS) is 11.9. The summed E-state index contributed by atoms with van der Waals surface area (Å²) in [5.74, 6) is 0.00470. The number of amides is 1. The smallest absolute Gasteiger partial charge is 0.273 e. The molecule has 0 radical (unpaired) electrons. The molecular weight excluding hydrogens is 496 g/mol. The summed E-state index contributed by atoms with van der Waals surface area (Å²) in [5.41, 5.74) is 3.59. The highest BCUT2D eigenvalue weighted by molar-refractivity contribution is 5.95. The fraction of sp³-hybridized carbons (Fsp3) is 0.300. The predicted molar refractivity (Wildman–Crippen MR) is 151 cm³/mol. The van der Waals surface area contributed by atoms with Gasteiger partial charge in [0.2, 0.25) is 0 Å². The zero-order valence-electron chi connectivity index (χ0n) is 22.8. The number of fused-ring (bicyclic) bond motifs is 1. The maximum Gasteiger partial charge on any atom is 0.273 e. The van der Waals surface area contributed by atoms with Crippen molar-refractivity contribution in [2.75, 3.05) is 20.3 Å². The Balaban J connectivity index is 1.90. The zero-order valence-corrected chi connectivity index (χ0v) is 22.8. The van der Waals surface area contributed by atoms with Crippen LogP contribution < -0.4 is 5.56 Å². The van der Waals surface area contributed by atoms with Gasteiger partial charge < -0.3 is 9.64 Å². The van der Waals surface area contributed by atoms with Gasteiger partial charge in [0.25, 0.3) is 17.2 Å². The molecule has 1 amide bonds. The largest absolute Gasteiger partial charge is 0.385 e. The molecule has 0 aliphatic rings. The lowest BCUT2D eigenvalue weighted by Crippen LogP contribution is -2.38. The van der Waals surface area contributed by atoms with Gasteiger partial charge in [0.05, 0.1) is 27.6 Å². The van der Waals surface area contributed by atoms with E-state index in [2.05, 4.69) is 0 Å². The topological polar surface area (TPSA) is 108 Å². The Morgan fingerprint density at radius 1 is 1.05 bits per heavy atom. The Kier molecular flexibility index (Phi) is 8.21. The lowest BCUT2D eigenvalue weighted by molar-refractivity contribution is -0.385. The molecule has 9 nitrogen and oxygen atoms in total. The minimum atomic E-state index is -0.645. The van der Waals surface area contributed by atoms with Crippen LogP contribution in [0, 0.1) is 30.9 Å². The van der Waals surface area contributed by atoms with E-state index < -0.39 is 16.9 Å². The van der Waals surface area contributed by atoms with Crippen LogP contribution in [0.2, 0.25) is 0 Å². The SMILES string of the molecule is COCCCN(C(=O)c1ccc(C)c([N+](=O)[O-])c1)C(C)c1nc2ccccc2c(=O)n1-c1ccc(C)c(C)c1. The number of hydrogen-bond donors (Lipinski definition) is 0. The minimum Gasteiger partial charge on any atom is -0.385 e. The third kappa shape index (κ3) is 5.58. The molecule has 202 valence electrons. The molecule has 1 aromatic heterocycles. The average molecular weight is 529 g/mol. The van der Waals surface area contributed by atoms with Gasteiger partial charge in [0, 0.05) is 37.5 Å². The van der Waals surface area contributed by atoms with Crippen LogP contribution in [0.5, 0.6) is 0 Å². The number of para-hydroxylation sites is 1. The summed E-state index contributed by atoms with van der Waals surface area (Å²) < 4.78 is 6.79. The van der Waals surface area contributed by atoms with Crippen molar-refractivity contribution >= 4 is 22.5 Å². The quantitative estimate of drug-likeness (QED) is 0.162. The standard InChI is InChI=1S/C30H32N4O5/c1-19-12-14-24(17-21(19)3)33-28(31-26-10-7-6-9-25(26)30(33)36)22(4)32(15-8-16-39-5)29(35)23-13-11-20(2)27(18-23)34(37)38/h6-7,9-14,17-18,22H,8,15-16H2,1-5H3. The van der Waals surface area contributed by atoms with E-state index in [0.29, 0.717) is 47.6 Å². The minimum absolute atomic E-state index is 0.124. The van der Waals surface area contributed by atoms with Gasteiger partial charge in [-0.1, -0.05) is 24.3 Å². The van der Waals surface area contributed by atoms with Crippen LogP contribution in [-0.2, 0) is 4.74 Å². The van der Waals surface area contributed by atoms with E-state index in [1.54, 1.807) is 53.8 Å². The van der Waals surface area contributed by atoms with Gasteiger partial charge >= 0.3 is 0 Å². The molecule has 3 aromatic carbocycles. The highest BCUT2D eigenvalue weighted by Crippen LogP contribution is 2.27. The molecular formula is C30H32N4O5. The number of ether oxygens (including phenoxy) is 1. The Labute approximate surface area is 226 Å². The second-order valence-electron chi connectivity index (χ2n) is 9.68. The fourth-order valence-electron chi connectivity index (χ4n) is 4.64. The van der Waals surface area contributed by atoms with Crippen molar-refractivity contribution < 1.29 is 14.5 Å². The van der Waals surface area contributed by atoms with Crippen molar-refractivity contribution in [1.29, 1.82) is 0 Å². The second-order valence-corrected chi connectivity index (χ2v) is 9.68. The number of nitro benzene ring substituents is 1. The molecule has 0 aliphatic heterocycles. The first-order valence-corrected chi connectivity index (χ1v) is 12.8. The third-order valence-corrected chi connectivity index (χ3v) is 7.05. The summed E-state index contributed by atoms with van der Waals surface area (Å²) in [6, 6.07) is 16.7. The second kappa shape index (κ2) is 11.6. The molecule has 0 bridgehead atoms. The number of hydrogen-bond acceptors (Lipinski definition) is 6. The molecule has 0 aliphatic carbocycles. The number of carbonyl (C=O) groups is 1. The van der Waals surface area contributed by atoms with Gasteiger partial charge in [-0.3, -0.25) is 24.3 Å². The van der Waals surface area contributed by atoms with E-state index in [4.69, 9.17) is 9.72 Å². The molecule has 4 rings (SSSR count). The van der Waals surface area contributed by atoms with Gasteiger partial charge in [-0.05, 0) is 75.6 Å². The van der Waals surface area contributed by atoms with Crippen LogP contribution in [0.25, 0.3) is 16.6 Å². The number of benzene rings is 3. The maximum absolute atomic E-state index is 13.9. The number of methoxy groups -OCH3 is 1. The number of nitrogens with zero attached hydrogens (tertiary/aromatic N) is 4. The highest BCUT2D eigenvalue weighted by atomic mass is 16.6. The van der Waals surface area contributed by atoms with Crippen molar-refractivity contribution in [3.63, 3.8) is 0 Å². The molecule has 1 unspecified atom stereocenters. The first-order valence-electron chi connectivity index (χ1n) is 12.8. The molecule has 4 aromatic rings. The number of aryl methyl sites for hydroxylation is 3. The maximum atomic E-state index is 13.9. The van der Waals surface area contributed by atoms with Crippen molar-refractivity contribution in [2.24, 2.45) is 0 Å². The number of rotatable bonds is 9. The summed E-state index contributed by atoms with van der Waals surface area (Å²) in [5, 5.41) is 12.0. The van der Waals surface area contributed by atoms with Gasteiger partial charge in [-0.2, -0.15) is 0 Å². The first-order chi connectivity index (χ1) is 18.6. The van der Waals surface area contributed by atoms with Crippen molar-refractivity contribution in [3.8, 4) is 5.69 Å². The molecule has 0 fully saturated rings. The summed E-state index contributed by atoms with van der Waals surface area (Å²) in [6.07, 6.45) is 0.530. The van der Waals surface area contributed by atoms with Crippen molar-refractivity contribution in [1.82, 2.24) is 14.5 Å². The number of carbonyl (C=O) groups excluding carboxylic acids is 1.